The van der Waals surface area contributed by atoms with Crippen molar-refractivity contribution in [2.75, 3.05) is 5.32 Å². The monoisotopic (exact) mass is 300 g/mol. The molecular weight excluding hydrogens is 290 g/mol. The lowest BCUT2D eigenvalue weighted by Gasteiger charge is -2.26. The Kier molecular flexibility index (Phi) is 4.04. The van der Waals surface area contributed by atoms with Crippen molar-refractivity contribution in [3.8, 4) is 0 Å². The number of hydrogen-bond acceptors (Lipinski definition) is 2. The fraction of sp³-hybridized carbons (Fsp3) is 0.364. The lowest BCUT2D eigenvalue weighted by Crippen LogP contribution is -2.59. The predicted octanol–water partition coefficient (Wildman–Crippen LogP) is 2.92. The average Bonchev–Trinajstić information content (AvgIpc) is 2.26. The number of benzene rings is 1. The van der Waals surface area contributed by atoms with Crippen molar-refractivity contribution in [1.82, 2.24) is 0 Å². The van der Waals surface area contributed by atoms with Gasteiger partial charge in [-0.15, -0.1) is 0 Å². The lowest BCUT2D eigenvalue weighted by molar-refractivity contribution is -0.184. The summed E-state index contributed by atoms with van der Waals surface area (Å²) in [5.74, 6) is -1.78. The third-order valence-electron chi connectivity index (χ3n) is 2.54. The first-order chi connectivity index (χ1) is 8.87. The highest BCUT2D eigenvalue weighted by Gasteiger charge is 2.54. The van der Waals surface area contributed by atoms with Crippen LogP contribution in [0.15, 0.2) is 24.3 Å². The summed E-state index contributed by atoms with van der Waals surface area (Å²) in [4.78, 5) is 11.4. The number of nitrogens with one attached hydrogen (secondary N) is 1. The van der Waals surface area contributed by atoms with E-state index in [1.807, 2.05) is 0 Å². The zero-order chi connectivity index (χ0) is 15.8. The minimum absolute atomic E-state index is 0.374. The van der Waals surface area contributed by atoms with Gasteiger partial charge in [0.05, 0.1) is 11.3 Å². The minimum atomic E-state index is -5.09. The van der Waals surface area contributed by atoms with E-state index in [4.69, 9.17) is 5.73 Å². The Morgan fingerprint density at radius 1 is 1.10 bits per heavy atom. The van der Waals surface area contributed by atoms with Gasteiger partial charge in [-0.05, 0) is 19.1 Å². The molecule has 1 amide bonds. The zero-order valence-electron chi connectivity index (χ0n) is 10.1. The van der Waals surface area contributed by atoms with Crippen LogP contribution >= 0.6 is 0 Å². The molecule has 0 aliphatic carbocycles. The number of rotatable bonds is 2. The molecule has 0 aromatic heterocycles. The Bertz CT molecular complexity index is 506. The summed E-state index contributed by atoms with van der Waals surface area (Å²) in [5.41, 5.74) is -0.518. The maximum Gasteiger partial charge on any atom is 0.418 e. The molecule has 3 nitrogen and oxygen atoms in total. The second kappa shape index (κ2) is 4.97. The van der Waals surface area contributed by atoms with E-state index in [-0.39, 0.29) is 0 Å². The van der Waals surface area contributed by atoms with E-state index in [1.165, 1.54) is 0 Å². The molecule has 1 rings (SSSR count). The SMILES string of the molecule is CC(N)(C(=O)Nc1ccccc1C(F)(F)F)C(F)(F)F. The highest BCUT2D eigenvalue weighted by atomic mass is 19.4. The summed E-state index contributed by atoms with van der Waals surface area (Å²) in [7, 11) is 0. The van der Waals surface area contributed by atoms with Gasteiger partial charge in [-0.3, -0.25) is 4.79 Å². The van der Waals surface area contributed by atoms with Gasteiger partial charge in [0.1, 0.15) is 0 Å². The molecule has 1 aromatic carbocycles. The van der Waals surface area contributed by atoms with E-state index < -0.39 is 35.0 Å². The number of alkyl halides is 6. The van der Waals surface area contributed by atoms with Crippen LogP contribution in [-0.2, 0) is 11.0 Å². The molecule has 0 aliphatic heterocycles. The Labute approximate surface area is 109 Å². The zero-order valence-corrected chi connectivity index (χ0v) is 10.1. The van der Waals surface area contributed by atoms with Crippen molar-refractivity contribution in [2.45, 2.75) is 24.8 Å². The molecule has 1 unspecified atom stereocenters. The van der Waals surface area contributed by atoms with Crippen LogP contribution in [0.4, 0.5) is 32.0 Å². The van der Waals surface area contributed by atoms with Crippen LogP contribution in [0.1, 0.15) is 12.5 Å². The van der Waals surface area contributed by atoms with Crippen molar-refractivity contribution >= 4 is 11.6 Å². The first-order valence-corrected chi connectivity index (χ1v) is 5.20. The van der Waals surface area contributed by atoms with Crippen LogP contribution in [-0.4, -0.2) is 17.6 Å². The lowest BCUT2D eigenvalue weighted by atomic mass is 10.0. The molecule has 0 saturated heterocycles. The number of para-hydroxylation sites is 1. The van der Waals surface area contributed by atoms with Crippen LogP contribution in [0.2, 0.25) is 0 Å². The molecule has 0 bridgehead atoms. The topological polar surface area (TPSA) is 55.1 Å². The van der Waals surface area contributed by atoms with Gasteiger partial charge in [0.25, 0.3) is 5.91 Å². The van der Waals surface area contributed by atoms with Gasteiger partial charge in [0.2, 0.25) is 0 Å². The summed E-state index contributed by atoms with van der Waals surface area (Å²) in [5, 5.41) is 1.56. The third kappa shape index (κ3) is 3.21. The van der Waals surface area contributed by atoms with Gasteiger partial charge >= 0.3 is 12.4 Å². The van der Waals surface area contributed by atoms with Crippen LogP contribution in [0.25, 0.3) is 0 Å². The molecule has 112 valence electrons. The van der Waals surface area contributed by atoms with Gasteiger partial charge in [0.15, 0.2) is 5.54 Å². The molecular formula is C11H10F6N2O. The molecule has 0 spiro atoms. The largest absolute Gasteiger partial charge is 0.418 e. The number of nitrogens with two attached hydrogens (primary N) is 1. The third-order valence-corrected chi connectivity index (χ3v) is 2.54. The summed E-state index contributed by atoms with van der Waals surface area (Å²) >= 11 is 0. The molecule has 0 aliphatic rings. The van der Waals surface area contributed by atoms with E-state index in [0.29, 0.717) is 13.0 Å². The van der Waals surface area contributed by atoms with Gasteiger partial charge in [-0.2, -0.15) is 26.3 Å². The minimum Gasteiger partial charge on any atom is -0.324 e. The standard InChI is InChI=1S/C11H10F6N2O/c1-9(18,11(15,16)17)8(20)19-7-5-3-2-4-6(7)10(12,13)14/h2-5H,18H2,1H3,(H,19,20). The Morgan fingerprint density at radius 3 is 2.05 bits per heavy atom. The molecule has 0 saturated carbocycles. The van der Waals surface area contributed by atoms with Gasteiger partial charge in [-0.25, -0.2) is 0 Å². The second-order valence-electron chi connectivity index (χ2n) is 4.20. The van der Waals surface area contributed by atoms with Crippen molar-refractivity contribution in [2.24, 2.45) is 5.73 Å². The van der Waals surface area contributed by atoms with E-state index in [9.17, 15) is 31.1 Å². The number of halogens is 6. The smallest absolute Gasteiger partial charge is 0.324 e. The van der Waals surface area contributed by atoms with Gasteiger partial charge in [0, 0.05) is 0 Å². The maximum atomic E-state index is 12.6. The summed E-state index contributed by atoms with van der Waals surface area (Å²) in [6, 6.07) is 3.67. The van der Waals surface area contributed by atoms with Crippen molar-refractivity contribution < 1.29 is 31.1 Å². The molecule has 0 radical (unpaired) electrons. The number of carbonyl (C=O) groups is 1. The summed E-state index contributed by atoms with van der Waals surface area (Å²) in [6.45, 7) is 0.374. The quantitative estimate of drug-likeness (QED) is 0.825. The Hall–Kier alpha value is -1.77. The van der Waals surface area contributed by atoms with Crippen LogP contribution in [0, 0.1) is 0 Å². The highest BCUT2D eigenvalue weighted by Crippen LogP contribution is 2.35. The molecule has 0 heterocycles. The second-order valence-corrected chi connectivity index (χ2v) is 4.20. The summed E-state index contributed by atoms with van der Waals surface area (Å²) < 4.78 is 75.4. The van der Waals surface area contributed by atoms with Crippen LogP contribution in [0.3, 0.4) is 0 Å². The predicted molar refractivity (Wildman–Crippen MR) is 58.7 cm³/mol. The number of carbonyl (C=O) groups excluding carboxylic acids is 1. The average molecular weight is 300 g/mol. The van der Waals surface area contributed by atoms with Crippen LogP contribution < -0.4 is 11.1 Å². The first kappa shape index (κ1) is 16.3. The normalized spacial score (nSPS) is 15.6. The fourth-order valence-electron chi connectivity index (χ4n) is 1.22. The van der Waals surface area contributed by atoms with Crippen molar-refractivity contribution in [1.29, 1.82) is 0 Å². The van der Waals surface area contributed by atoms with Crippen molar-refractivity contribution in [3.05, 3.63) is 29.8 Å². The molecule has 1 aromatic rings. The number of amides is 1. The molecule has 3 N–H and O–H groups in total. The number of anilines is 1. The highest BCUT2D eigenvalue weighted by molar-refractivity contribution is 5.98. The van der Waals surface area contributed by atoms with Gasteiger partial charge < -0.3 is 11.1 Å². The van der Waals surface area contributed by atoms with E-state index in [0.717, 1.165) is 18.2 Å². The van der Waals surface area contributed by atoms with E-state index >= 15 is 0 Å². The van der Waals surface area contributed by atoms with Gasteiger partial charge in [-0.1, -0.05) is 12.1 Å². The first-order valence-electron chi connectivity index (χ1n) is 5.20. The number of hydrogen-bond donors (Lipinski definition) is 2. The molecule has 1 atom stereocenters. The Balaban J connectivity index is 3.10. The van der Waals surface area contributed by atoms with E-state index in [1.54, 1.807) is 5.32 Å². The van der Waals surface area contributed by atoms with Crippen LogP contribution in [0.5, 0.6) is 0 Å². The maximum absolute atomic E-state index is 12.6. The molecule has 0 fully saturated rings. The fourth-order valence-corrected chi connectivity index (χ4v) is 1.22. The van der Waals surface area contributed by atoms with Crippen molar-refractivity contribution in [3.63, 3.8) is 0 Å². The molecule has 20 heavy (non-hydrogen) atoms. The molecule has 9 heteroatoms. The Morgan fingerprint density at radius 2 is 1.60 bits per heavy atom. The summed E-state index contributed by atoms with van der Waals surface area (Å²) in [6.07, 6.45) is -9.91. The van der Waals surface area contributed by atoms with E-state index in [2.05, 4.69) is 0 Å².